The molecule has 3 fully saturated rings. The van der Waals surface area contributed by atoms with E-state index >= 15 is 0 Å². The van der Waals surface area contributed by atoms with Crippen LogP contribution < -0.4 is 0 Å². The maximum Gasteiger partial charge on any atom is 0.186 e. The largest absolute Gasteiger partial charge is 0.411 e. The van der Waals surface area contributed by atoms with Crippen LogP contribution in [0.3, 0.4) is 0 Å². The quantitative estimate of drug-likeness (QED) is 0.414. The van der Waals surface area contributed by atoms with E-state index < -0.39 is 0 Å². The van der Waals surface area contributed by atoms with Crippen molar-refractivity contribution >= 4 is 11.5 Å². The lowest BCUT2D eigenvalue weighted by Gasteiger charge is -2.58. The van der Waals surface area contributed by atoms with E-state index in [2.05, 4.69) is 31.2 Å². The molecule has 4 aliphatic carbocycles. The monoisotopic (exact) mass is 301 g/mol. The van der Waals surface area contributed by atoms with E-state index in [1.54, 1.807) is 0 Å². The molecule has 0 aromatic rings. The highest BCUT2D eigenvalue weighted by Gasteiger charge is 2.61. The third-order valence-electron chi connectivity index (χ3n) is 7.91. The number of allylic oxidation sites excluding steroid dienone is 2. The smallest absolute Gasteiger partial charge is 0.186 e. The van der Waals surface area contributed by atoms with Crippen molar-refractivity contribution in [2.24, 2.45) is 39.7 Å². The predicted molar refractivity (Wildman–Crippen MR) is 85.9 cm³/mol. The fourth-order valence-electron chi connectivity index (χ4n) is 6.53. The Balaban J connectivity index is 1.70. The van der Waals surface area contributed by atoms with Crippen LogP contribution in [0.25, 0.3) is 0 Å². The van der Waals surface area contributed by atoms with Gasteiger partial charge in [0, 0.05) is 11.8 Å². The molecule has 0 amide bonds. The summed E-state index contributed by atoms with van der Waals surface area (Å²) in [5, 5.41) is 12.5. The number of hydrogen-bond acceptors (Lipinski definition) is 3. The second-order valence-electron chi connectivity index (χ2n) is 8.60. The van der Waals surface area contributed by atoms with Crippen molar-refractivity contribution < 1.29 is 10.0 Å². The summed E-state index contributed by atoms with van der Waals surface area (Å²) < 4.78 is 0. The Kier molecular flexibility index (Phi) is 3.08. The van der Waals surface area contributed by atoms with Crippen LogP contribution in [0.1, 0.15) is 58.8 Å². The Morgan fingerprint density at radius 1 is 1.18 bits per heavy atom. The molecule has 0 aromatic carbocycles. The minimum atomic E-state index is -0.267. The van der Waals surface area contributed by atoms with Gasteiger partial charge < -0.3 is 5.21 Å². The number of nitrogens with zero attached hydrogens (tertiary/aromatic N) is 1. The zero-order valence-electron chi connectivity index (χ0n) is 13.7. The van der Waals surface area contributed by atoms with Crippen molar-refractivity contribution in [1.82, 2.24) is 0 Å². The van der Waals surface area contributed by atoms with Gasteiger partial charge in [-0.15, -0.1) is 0 Å². The van der Waals surface area contributed by atoms with Crippen molar-refractivity contribution in [2.45, 2.75) is 58.8 Å². The predicted octanol–water partition coefficient (Wildman–Crippen LogP) is 4.20. The lowest BCUT2D eigenvalue weighted by Crippen LogP contribution is -2.52. The maximum absolute atomic E-state index is 12.6. The van der Waals surface area contributed by atoms with Gasteiger partial charge in [0.2, 0.25) is 0 Å². The third-order valence-corrected chi connectivity index (χ3v) is 7.91. The molecule has 0 aliphatic heterocycles. The summed E-state index contributed by atoms with van der Waals surface area (Å²) in [4.78, 5) is 12.6. The highest BCUT2D eigenvalue weighted by Crippen LogP contribution is 2.64. The van der Waals surface area contributed by atoms with Crippen molar-refractivity contribution in [2.75, 3.05) is 0 Å². The Labute approximate surface area is 132 Å². The van der Waals surface area contributed by atoms with Crippen LogP contribution in [-0.4, -0.2) is 16.7 Å². The molecule has 22 heavy (non-hydrogen) atoms. The number of oxime groups is 1. The van der Waals surface area contributed by atoms with Gasteiger partial charge in [0.15, 0.2) is 5.78 Å². The molecule has 120 valence electrons. The highest BCUT2D eigenvalue weighted by molar-refractivity contribution is 6.43. The molecule has 1 N–H and O–H groups in total. The molecule has 0 aromatic heterocycles. The molecule has 3 heteroatoms. The Hall–Kier alpha value is -1.12. The summed E-state index contributed by atoms with van der Waals surface area (Å²) in [5.41, 5.74) is 0.585. The lowest BCUT2D eigenvalue weighted by atomic mass is 9.46. The highest BCUT2D eigenvalue weighted by atomic mass is 16.4. The molecule has 4 rings (SSSR count). The van der Waals surface area contributed by atoms with Gasteiger partial charge >= 0.3 is 0 Å². The van der Waals surface area contributed by atoms with Gasteiger partial charge in [0.25, 0.3) is 0 Å². The molecule has 0 unspecified atom stereocenters. The van der Waals surface area contributed by atoms with Gasteiger partial charge in [0.1, 0.15) is 5.71 Å². The van der Waals surface area contributed by atoms with Gasteiger partial charge in [-0.1, -0.05) is 31.2 Å². The second kappa shape index (κ2) is 4.69. The van der Waals surface area contributed by atoms with E-state index in [0.29, 0.717) is 29.4 Å². The van der Waals surface area contributed by atoms with E-state index in [1.807, 2.05) is 0 Å². The van der Waals surface area contributed by atoms with Crippen LogP contribution >= 0.6 is 0 Å². The number of fused-ring (bicyclic) bond motifs is 5. The zero-order chi connectivity index (χ0) is 15.5. The molecule has 6 atom stereocenters. The lowest BCUT2D eigenvalue weighted by molar-refractivity contribution is -0.133. The summed E-state index contributed by atoms with van der Waals surface area (Å²) >= 11 is 0. The minimum absolute atomic E-state index is 0.120. The van der Waals surface area contributed by atoms with Crippen LogP contribution in [-0.2, 0) is 4.79 Å². The fourth-order valence-corrected chi connectivity index (χ4v) is 6.53. The minimum Gasteiger partial charge on any atom is -0.411 e. The number of hydrogen-bond donors (Lipinski definition) is 1. The van der Waals surface area contributed by atoms with Crippen LogP contribution in [0.2, 0.25) is 0 Å². The van der Waals surface area contributed by atoms with Crippen LogP contribution in [0.4, 0.5) is 0 Å². The number of rotatable bonds is 0. The number of carbonyl (C=O) groups excluding carboxylic acids is 1. The average Bonchev–Trinajstić information content (AvgIpc) is 2.78. The zero-order valence-corrected chi connectivity index (χ0v) is 13.7. The van der Waals surface area contributed by atoms with E-state index in [0.717, 1.165) is 18.3 Å². The van der Waals surface area contributed by atoms with Crippen molar-refractivity contribution in [1.29, 1.82) is 0 Å². The Morgan fingerprint density at radius 2 is 2.00 bits per heavy atom. The SMILES string of the molecule is C[C@]12CC=CC[C@@H]1CC[C@H]1[C@@H]2CC[C@]2(C)C(=O)/C(=N\O)C[C@@H]12. The Morgan fingerprint density at radius 3 is 2.77 bits per heavy atom. The Bertz CT molecular complexity index is 566. The molecule has 0 radical (unpaired) electrons. The van der Waals surface area contributed by atoms with E-state index in [4.69, 9.17) is 0 Å². The molecular weight excluding hydrogens is 274 g/mol. The van der Waals surface area contributed by atoms with Gasteiger partial charge in [-0.25, -0.2) is 0 Å². The maximum atomic E-state index is 12.6. The number of ketones is 1. The van der Waals surface area contributed by atoms with Gasteiger partial charge in [-0.2, -0.15) is 0 Å². The van der Waals surface area contributed by atoms with Crippen molar-refractivity contribution in [3.05, 3.63) is 12.2 Å². The van der Waals surface area contributed by atoms with Crippen LogP contribution in [0.15, 0.2) is 17.3 Å². The van der Waals surface area contributed by atoms with Gasteiger partial charge in [0.05, 0.1) is 0 Å². The third kappa shape index (κ3) is 1.68. The standard InChI is InChI=1S/C19H27NO2/c1-18-9-4-3-5-12(18)6-7-13-14(18)8-10-19(2)15(13)11-16(20-22)17(19)21/h3-4,12-15,22H,5-11H2,1-2H3/b20-16-/t12-,13+,14+,15+,18+,19+/m1/s1. The van der Waals surface area contributed by atoms with Crippen molar-refractivity contribution in [3.63, 3.8) is 0 Å². The fraction of sp³-hybridized carbons (Fsp3) is 0.789. The molecule has 0 heterocycles. The topological polar surface area (TPSA) is 49.7 Å². The molecular formula is C19H27NO2. The van der Waals surface area contributed by atoms with E-state index in [-0.39, 0.29) is 11.2 Å². The van der Waals surface area contributed by atoms with E-state index in [9.17, 15) is 10.0 Å². The number of Topliss-reactive ketones (excluding diaryl/α,β-unsaturated/α-hetero) is 1. The molecule has 0 bridgehead atoms. The first-order valence-electron chi connectivity index (χ1n) is 8.91. The summed E-state index contributed by atoms with van der Waals surface area (Å²) in [6.45, 7) is 4.63. The van der Waals surface area contributed by atoms with Crippen LogP contribution in [0, 0.1) is 34.5 Å². The number of carbonyl (C=O) groups is 1. The van der Waals surface area contributed by atoms with Crippen molar-refractivity contribution in [3.8, 4) is 0 Å². The molecule has 0 saturated heterocycles. The van der Waals surface area contributed by atoms with E-state index in [1.165, 1.54) is 32.1 Å². The second-order valence-corrected chi connectivity index (χ2v) is 8.60. The summed E-state index contributed by atoms with van der Waals surface area (Å²) in [6.07, 6.45) is 12.6. The first-order valence-corrected chi connectivity index (χ1v) is 8.91. The molecule has 3 nitrogen and oxygen atoms in total. The van der Waals surface area contributed by atoms with Crippen LogP contribution in [0.5, 0.6) is 0 Å². The normalized spacial score (nSPS) is 52.3. The summed E-state index contributed by atoms with van der Waals surface area (Å²) in [7, 11) is 0. The summed E-state index contributed by atoms with van der Waals surface area (Å²) in [6, 6.07) is 0. The van der Waals surface area contributed by atoms with Gasteiger partial charge in [-0.3, -0.25) is 4.79 Å². The first-order chi connectivity index (χ1) is 10.5. The molecule has 4 aliphatic rings. The molecule has 3 saturated carbocycles. The summed E-state index contributed by atoms with van der Waals surface area (Å²) in [5.74, 6) is 2.71. The average molecular weight is 301 g/mol. The first kappa shape index (κ1) is 14.5. The molecule has 0 spiro atoms. The van der Waals surface area contributed by atoms with Gasteiger partial charge in [-0.05, 0) is 67.6 Å².